The highest BCUT2D eigenvalue weighted by molar-refractivity contribution is 7.86. The van der Waals surface area contributed by atoms with Crippen LogP contribution in [0, 0.1) is 6.92 Å². The van der Waals surface area contributed by atoms with Crippen molar-refractivity contribution in [2.24, 2.45) is 0 Å². The summed E-state index contributed by atoms with van der Waals surface area (Å²) in [5.41, 5.74) is 4.08. The van der Waals surface area contributed by atoms with Gasteiger partial charge in [-0.15, -0.1) is 0 Å². The van der Waals surface area contributed by atoms with Crippen molar-refractivity contribution >= 4 is 44.9 Å². The Morgan fingerprint density at radius 1 is 1.06 bits per heavy atom. The normalized spacial score (nSPS) is 15.4. The number of amides is 1. The highest BCUT2D eigenvalue weighted by Gasteiger charge is 2.21. The number of hydrogen-bond donors (Lipinski definition) is 3. The number of carbonyl (C=O) groups excluding carboxylic acids is 1. The minimum atomic E-state index is -1.20. The standard InChI is InChI=1S/C24H29N5O3S/c1-4-33(32)27-18-6-8-22(29-11-9-28(3)10-12-29)20(15-18)24(31)25-17-5-7-21-19(14-17)16(2)13-23(30)26-21/h5-8,13-15,27H,4,9-12H2,1-3H3,(H,25,31)(H,26,30). The van der Waals surface area contributed by atoms with Crippen LogP contribution < -0.4 is 20.5 Å². The molecule has 0 saturated carbocycles. The highest BCUT2D eigenvalue weighted by atomic mass is 32.2. The van der Waals surface area contributed by atoms with Crippen LogP contribution in [-0.2, 0) is 11.0 Å². The van der Waals surface area contributed by atoms with Crippen molar-refractivity contribution in [1.29, 1.82) is 0 Å². The summed E-state index contributed by atoms with van der Waals surface area (Å²) < 4.78 is 15.0. The van der Waals surface area contributed by atoms with E-state index in [0.29, 0.717) is 22.7 Å². The fraction of sp³-hybridized carbons (Fsp3) is 0.333. The van der Waals surface area contributed by atoms with Crippen molar-refractivity contribution in [3.8, 4) is 0 Å². The van der Waals surface area contributed by atoms with Gasteiger partial charge in [-0.3, -0.25) is 9.59 Å². The fourth-order valence-electron chi connectivity index (χ4n) is 4.01. The summed E-state index contributed by atoms with van der Waals surface area (Å²) in [6.07, 6.45) is 0. The number of hydrogen-bond acceptors (Lipinski definition) is 5. The average Bonchev–Trinajstić information content (AvgIpc) is 2.80. The minimum absolute atomic E-state index is 0.151. The van der Waals surface area contributed by atoms with Crippen LogP contribution in [0.25, 0.3) is 10.9 Å². The molecule has 33 heavy (non-hydrogen) atoms. The van der Waals surface area contributed by atoms with Gasteiger partial charge in [-0.05, 0) is 55.9 Å². The molecular weight excluding hydrogens is 438 g/mol. The lowest BCUT2D eigenvalue weighted by molar-refractivity contribution is 0.102. The second kappa shape index (κ2) is 9.76. The predicted molar refractivity (Wildman–Crippen MR) is 136 cm³/mol. The zero-order valence-corrected chi connectivity index (χ0v) is 19.9. The molecule has 1 aliphatic rings. The number of aryl methyl sites for hydroxylation is 1. The first kappa shape index (κ1) is 23.0. The first-order valence-corrected chi connectivity index (χ1v) is 12.3. The van der Waals surface area contributed by atoms with Gasteiger partial charge < -0.3 is 24.8 Å². The van der Waals surface area contributed by atoms with Gasteiger partial charge in [0.1, 0.15) is 11.0 Å². The van der Waals surface area contributed by atoms with Crippen LogP contribution in [0.4, 0.5) is 17.1 Å². The number of anilines is 3. The molecule has 1 saturated heterocycles. The van der Waals surface area contributed by atoms with Gasteiger partial charge in [0.05, 0.1) is 5.56 Å². The number of fused-ring (bicyclic) bond motifs is 1. The first-order valence-electron chi connectivity index (χ1n) is 11.0. The van der Waals surface area contributed by atoms with E-state index in [4.69, 9.17) is 0 Å². The van der Waals surface area contributed by atoms with Gasteiger partial charge >= 0.3 is 0 Å². The van der Waals surface area contributed by atoms with Crippen molar-refractivity contribution in [2.45, 2.75) is 13.8 Å². The zero-order valence-electron chi connectivity index (χ0n) is 19.1. The van der Waals surface area contributed by atoms with E-state index in [1.807, 2.05) is 32.0 Å². The molecule has 3 aromatic rings. The third-order valence-electron chi connectivity index (χ3n) is 5.89. The van der Waals surface area contributed by atoms with Crippen LogP contribution in [0.3, 0.4) is 0 Å². The molecule has 3 N–H and O–H groups in total. The van der Waals surface area contributed by atoms with E-state index in [2.05, 4.69) is 31.9 Å². The van der Waals surface area contributed by atoms with Gasteiger partial charge in [-0.1, -0.05) is 6.92 Å². The molecule has 2 heterocycles. The number of nitrogens with zero attached hydrogens (tertiary/aromatic N) is 2. The summed E-state index contributed by atoms with van der Waals surface area (Å²) in [4.78, 5) is 32.4. The van der Waals surface area contributed by atoms with E-state index in [1.54, 1.807) is 24.3 Å². The van der Waals surface area contributed by atoms with Crippen molar-refractivity contribution in [1.82, 2.24) is 9.88 Å². The lowest BCUT2D eigenvalue weighted by Gasteiger charge is -2.35. The molecule has 0 aliphatic carbocycles. The molecular formula is C24H29N5O3S. The second-order valence-electron chi connectivity index (χ2n) is 8.29. The number of H-pyrrole nitrogens is 1. The van der Waals surface area contributed by atoms with E-state index >= 15 is 0 Å². The molecule has 1 amide bonds. The third kappa shape index (κ3) is 5.26. The van der Waals surface area contributed by atoms with Gasteiger partial charge in [-0.2, -0.15) is 0 Å². The van der Waals surface area contributed by atoms with Gasteiger partial charge in [0.15, 0.2) is 0 Å². The quantitative estimate of drug-likeness (QED) is 0.518. The molecule has 8 nitrogen and oxygen atoms in total. The fourth-order valence-corrected chi connectivity index (χ4v) is 4.54. The van der Waals surface area contributed by atoms with Gasteiger partial charge in [0.25, 0.3) is 5.91 Å². The average molecular weight is 468 g/mol. The summed E-state index contributed by atoms with van der Waals surface area (Å²) in [6, 6.07) is 12.5. The predicted octanol–water partition coefficient (Wildman–Crippen LogP) is 2.94. The topological polar surface area (TPSA) is 97.5 Å². The molecule has 0 radical (unpaired) electrons. The Labute approximate surface area is 195 Å². The molecule has 0 spiro atoms. The van der Waals surface area contributed by atoms with Crippen LogP contribution in [0.5, 0.6) is 0 Å². The molecule has 1 unspecified atom stereocenters. The first-order chi connectivity index (χ1) is 15.8. The number of pyridine rings is 1. The molecule has 1 fully saturated rings. The number of aromatic nitrogens is 1. The highest BCUT2D eigenvalue weighted by Crippen LogP contribution is 2.28. The van der Waals surface area contributed by atoms with Gasteiger partial charge in [0.2, 0.25) is 5.56 Å². The number of likely N-dealkylation sites (N-methyl/N-ethyl adjacent to an activating group) is 1. The minimum Gasteiger partial charge on any atom is -0.368 e. The summed E-state index contributed by atoms with van der Waals surface area (Å²) in [5, 5.41) is 3.88. The Morgan fingerprint density at radius 2 is 1.79 bits per heavy atom. The van der Waals surface area contributed by atoms with Gasteiger partial charge in [0, 0.05) is 66.0 Å². The van der Waals surface area contributed by atoms with Crippen molar-refractivity contribution < 1.29 is 9.00 Å². The maximum Gasteiger partial charge on any atom is 0.257 e. The van der Waals surface area contributed by atoms with Gasteiger partial charge in [-0.25, -0.2) is 4.21 Å². The number of nitrogens with one attached hydrogen (secondary N) is 3. The maximum atomic E-state index is 13.4. The Kier molecular flexibility index (Phi) is 6.80. The monoisotopic (exact) mass is 467 g/mol. The van der Waals surface area contributed by atoms with E-state index < -0.39 is 11.0 Å². The lowest BCUT2D eigenvalue weighted by atomic mass is 10.1. The Balaban J connectivity index is 1.66. The number of carbonyl (C=O) groups is 1. The van der Waals surface area contributed by atoms with Crippen LogP contribution in [0.1, 0.15) is 22.8 Å². The van der Waals surface area contributed by atoms with E-state index in [0.717, 1.165) is 48.3 Å². The van der Waals surface area contributed by atoms with E-state index in [9.17, 15) is 13.8 Å². The maximum absolute atomic E-state index is 13.4. The molecule has 2 aromatic carbocycles. The Hall–Kier alpha value is -3.17. The summed E-state index contributed by atoms with van der Waals surface area (Å²) in [6.45, 7) is 7.20. The summed E-state index contributed by atoms with van der Waals surface area (Å²) in [7, 11) is 0.885. The number of benzene rings is 2. The van der Waals surface area contributed by atoms with Crippen LogP contribution >= 0.6 is 0 Å². The van der Waals surface area contributed by atoms with Crippen LogP contribution in [0.15, 0.2) is 47.3 Å². The lowest BCUT2D eigenvalue weighted by Crippen LogP contribution is -2.45. The summed E-state index contributed by atoms with van der Waals surface area (Å²) >= 11 is 0. The largest absolute Gasteiger partial charge is 0.368 e. The van der Waals surface area contributed by atoms with Crippen LogP contribution in [0.2, 0.25) is 0 Å². The number of rotatable bonds is 6. The second-order valence-corrected chi connectivity index (χ2v) is 9.76. The molecule has 1 aliphatic heterocycles. The van der Waals surface area contributed by atoms with Crippen molar-refractivity contribution in [3.05, 3.63) is 63.9 Å². The molecule has 1 aromatic heterocycles. The Morgan fingerprint density at radius 3 is 2.52 bits per heavy atom. The smallest absolute Gasteiger partial charge is 0.257 e. The summed E-state index contributed by atoms with van der Waals surface area (Å²) in [5.74, 6) is 0.233. The SMILES string of the molecule is CCS(=O)Nc1ccc(N2CCN(C)CC2)c(C(=O)Nc2ccc3[nH]c(=O)cc(C)c3c2)c1. The van der Waals surface area contributed by atoms with Crippen molar-refractivity contribution in [3.63, 3.8) is 0 Å². The molecule has 9 heteroatoms. The molecule has 0 bridgehead atoms. The molecule has 1 atom stereocenters. The van der Waals surface area contributed by atoms with Crippen molar-refractivity contribution in [2.75, 3.05) is 53.9 Å². The Bertz CT molecular complexity index is 1260. The van der Waals surface area contributed by atoms with E-state index in [1.165, 1.54) is 0 Å². The number of piperazine rings is 1. The van der Waals surface area contributed by atoms with E-state index in [-0.39, 0.29) is 11.5 Å². The third-order valence-corrected chi connectivity index (χ3v) is 6.87. The number of aromatic amines is 1. The van der Waals surface area contributed by atoms with Crippen LogP contribution in [-0.4, -0.2) is 59.0 Å². The molecule has 174 valence electrons. The zero-order chi connectivity index (χ0) is 23.5. The molecule has 4 rings (SSSR count).